The van der Waals surface area contributed by atoms with Gasteiger partial charge in [-0.1, -0.05) is 54.7 Å². The molecule has 0 aliphatic rings. The molecular formula is C15H21Cl3N2O. The fourth-order valence-electron chi connectivity index (χ4n) is 1.87. The molecule has 6 heteroatoms. The molecule has 0 aliphatic carbocycles. The minimum atomic E-state index is -0.329. The van der Waals surface area contributed by atoms with Gasteiger partial charge < -0.3 is 5.32 Å². The predicted octanol–water partition coefficient (Wildman–Crippen LogP) is 4.46. The first-order valence-corrected chi connectivity index (χ1v) is 8.04. The second-order valence-electron chi connectivity index (χ2n) is 5.51. The summed E-state index contributed by atoms with van der Waals surface area (Å²) in [5.41, 5.74) is 0.814. The zero-order chi connectivity index (χ0) is 16.2. The van der Waals surface area contributed by atoms with Gasteiger partial charge in [0.15, 0.2) is 0 Å². The van der Waals surface area contributed by atoms with E-state index in [-0.39, 0.29) is 18.0 Å². The summed E-state index contributed by atoms with van der Waals surface area (Å²) >= 11 is 18.2. The molecule has 2 unspecified atom stereocenters. The summed E-state index contributed by atoms with van der Waals surface area (Å²) in [6, 6.07) is 3.07. The van der Waals surface area contributed by atoms with Gasteiger partial charge in [-0.2, -0.15) is 0 Å². The van der Waals surface area contributed by atoms with Crippen molar-refractivity contribution in [2.24, 2.45) is 5.92 Å². The molecule has 21 heavy (non-hydrogen) atoms. The molecule has 1 aromatic rings. The Morgan fingerprint density at radius 2 is 1.71 bits per heavy atom. The van der Waals surface area contributed by atoms with E-state index in [4.69, 9.17) is 34.8 Å². The van der Waals surface area contributed by atoms with Crippen LogP contribution in [0.25, 0.3) is 0 Å². The maximum Gasteiger partial charge on any atom is 0.236 e. The van der Waals surface area contributed by atoms with E-state index in [0.29, 0.717) is 27.5 Å². The van der Waals surface area contributed by atoms with Crippen LogP contribution in [0.2, 0.25) is 15.1 Å². The molecule has 0 saturated carbocycles. The first-order chi connectivity index (χ1) is 9.73. The van der Waals surface area contributed by atoms with Crippen LogP contribution in [0.1, 0.15) is 39.3 Å². The van der Waals surface area contributed by atoms with E-state index in [9.17, 15) is 4.79 Å². The maximum absolute atomic E-state index is 12.0. The van der Waals surface area contributed by atoms with Crippen LogP contribution in [0.4, 0.5) is 0 Å². The van der Waals surface area contributed by atoms with E-state index in [0.717, 1.165) is 5.56 Å². The van der Waals surface area contributed by atoms with Gasteiger partial charge in [-0.25, -0.2) is 0 Å². The van der Waals surface area contributed by atoms with Crippen molar-refractivity contribution in [1.29, 1.82) is 0 Å². The van der Waals surface area contributed by atoms with Crippen molar-refractivity contribution in [3.05, 3.63) is 32.8 Å². The molecule has 0 bridgehead atoms. The Balaban J connectivity index is 2.70. The molecule has 0 radical (unpaired) electrons. The van der Waals surface area contributed by atoms with E-state index in [1.165, 1.54) is 0 Å². The maximum atomic E-state index is 12.0. The number of amides is 1. The molecular weight excluding hydrogens is 331 g/mol. The van der Waals surface area contributed by atoms with Gasteiger partial charge in [0.25, 0.3) is 0 Å². The highest BCUT2D eigenvalue weighted by Crippen LogP contribution is 2.35. The summed E-state index contributed by atoms with van der Waals surface area (Å²) in [7, 11) is 0. The number of carbonyl (C=O) groups excluding carboxylic acids is 1. The Hall–Kier alpha value is -0.480. The summed E-state index contributed by atoms with van der Waals surface area (Å²) in [5, 5.41) is 7.27. The number of benzene rings is 1. The number of nitrogens with one attached hydrogen (secondary N) is 2. The lowest BCUT2D eigenvalue weighted by Crippen LogP contribution is -2.44. The van der Waals surface area contributed by atoms with E-state index >= 15 is 0 Å². The molecule has 1 amide bonds. The fraction of sp³-hybridized carbons (Fsp3) is 0.533. The monoisotopic (exact) mass is 350 g/mol. The lowest BCUT2D eigenvalue weighted by molar-refractivity contribution is -0.123. The van der Waals surface area contributed by atoms with Gasteiger partial charge in [0.05, 0.1) is 21.1 Å². The summed E-state index contributed by atoms with van der Waals surface area (Å²) in [5.74, 6) is 0.384. The molecule has 1 aromatic carbocycles. The Bertz CT molecular complexity index is 506. The SMILES string of the molecule is CC(C)CNC(=O)C(C)NC(C)c1ccc(Cl)c(Cl)c1Cl. The number of hydrogen-bond acceptors (Lipinski definition) is 2. The van der Waals surface area contributed by atoms with Gasteiger partial charge in [0.1, 0.15) is 0 Å². The highest BCUT2D eigenvalue weighted by Gasteiger charge is 2.19. The molecule has 0 saturated heterocycles. The standard InChI is InChI=1S/C15H21Cl3N2O/c1-8(2)7-19-15(21)10(4)20-9(3)11-5-6-12(16)14(18)13(11)17/h5-6,8-10,20H,7H2,1-4H3,(H,19,21). The number of carbonyl (C=O) groups is 1. The third kappa shape index (κ3) is 5.33. The second-order valence-corrected chi connectivity index (χ2v) is 6.68. The Morgan fingerprint density at radius 1 is 1.10 bits per heavy atom. The fourth-order valence-corrected chi connectivity index (χ4v) is 2.58. The molecule has 0 aromatic heterocycles. The summed E-state index contributed by atoms with van der Waals surface area (Å²) < 4.78 is 0. The molecule has 0 aliphatic heterocycles. The molecule has 0 fully saturated rings. The summed E-state index contributed by atoms with van der Waals surface area (Å²) in [6.07, 6.45) is 0. The van der Waals surface area contributed by atoms with E-state index in [1.807, 2.05) is 19.9 Å². The zero-order valence-corrected chi connectivity index (χ0v) is 14.9. The van der Waals surface area contributed by atoms with Crippen molar-refractivity contribution >= 4 is 40.7 Å². The minimum Gasteiger partial charge on any atom is -0.354 e. The molecule has 0 spiro atoms. The highest BCUT2D eigenvalue weighted by molar-refractivity contribution is 6.48. The topological polar surface area (TPSA) is 41.1 Å². The first kappa shape index (κ1) is 18.6. The molecule has 2 N–H and O–H groups in total. The number of halogens is 3. The molecule has 118 valence electrons. The lowest BCUT2D eigenvalue weighted by Gasteiger charge is -2.21. The van der Waals surface area contributed by atoms with Crippen molar-refractivity contribution in [3.63, 3.8) is 0 Å². The number of hydrogen-bond donors (Lipinski definition) is 2. The second kappa shape index (κ2) is 8.23. The van der Waals surface area contributed by atoms with Gasteiger partial charge in [-0.05, 0) is 31.4 Å². The number of rotatable bonds is 6. The van der Waals surface area contributed by atoms with Crippen LogP contribution >= 0.6 is 34.8 Å². The van der Waals surface area contributed by atoms with Crippen LogP contribution in [0.3, 0.4) is 0 Å². The van der Waals surface area contributed by atoms with Crippen LogP contribution in [0.5, 0.6) is 0 Å². The molecule has 2 atom stereocenters. The van der Waals surface area contributed by atoms with Crippen LogP contribution in [-0.2, 0) is 4.79 Å². The zero-order valence-electron chi connectivity index (χ0n) is 12.6. The quantitative estimate of drug-likeness (QED) is 0.743. The average Bonchev–Trinajstić information content (AvgIpc) is 2.41. The largest absolute Gasteiger partial charge is 0.354 e. The third-order valence-electron chi connectivity index (χ3n) is 3.11. The predicted molar refractivity (Wildman–Crippen MR) is 90.3 cm³/mol. The molecule has 0 heterocycles. The third-order valence-corrected chi connectivity index (χ3v) is 4.42. The van der Waals surface area contributed by atoms with Crippen LogP contribution in [0, 0.1) is 5.92 Å². The van der Waals surface area contributed by atoms with Gasteiger partial charge in [-0.3, -0.25) is 10.1 Å². The minimum absolute atomic E-state index is 0.0354. The van der Waals surface area contributed by atoms with Gasteiger partial charge in [0.2, 0.25) is 5.91 Å². The van der Waals surface area contributed by atoms with Gasteiger partial charge >= 0.3 is 0 Å². The first-order valence-electron chi connectivity index (χ1n) is 6.91. The van der Waals surface area contributed by atoms with Crippen LogP contribution in [0.15, 0.2) is 12.1 Å². The van der Waals surface area contributed by atoms with Gasteiger partial charge in [-0.15, -0.1) is 0 Å². The van der Waals surface area contributed by atoms with Crippen molar-refractivity contribution in [3.8, 4) is 0 Å². The van der Waals surface area contributed by atoms with Crippen molar-refractivity contribution in [1.82, 2.24) is 10.6 Å². The Kier molecular flexibility index (Phi) is 7.28. The van der Waals surface area contributed by atoms with Crippen LogP contribution < -0.4 is 10.6 Å². The molecule has 3 nitrogen and oxygen atoms in total. The summed E-state index contributed by atoms with van der Waals surface area (Å²) in [6.45, 7) is 8.51. The van der Waals surface area contributed by atoms with Crippen LogP contribution in [-0.4, -0.2) is 18.5 Å². The van der Waals surface area contributed by atoms with Crippen molar-refractivity contribution < 1.29 is 4.79 Å². The smallest absolute Gasteiger partial charge is 0.236 e. The molecule has 1 rings (SSSR count). The van der Waals surface area contributed by atoms with Crippen molar-refractivity contribution in [2.45, 2.75) is 39.8 Å². The van der Waals surface area contributed by atoms with E-state index in [2.05, 4.69) is 24.5 Å². The summed E-state index contributed by atoms with van der Waals surface area (Å²) in [4.78, 5) is 12.0. The van der Waals surface area contributed by atoms with Gasteiger partial charge in [0, 0.05) is 12.6 Å². The lowest BCUT2D eigenvalue weighted by atomic mass is 10.1. The van der Waals surface area contributed by atoms with E-state index < -0.39 is 0 Å². The highest BCUT2D eigenvalue weighted by atomic mass is 35.5. The van der Waals surface area contributed by atoms with E-state index in [1.54, 1.807) is 6.07 Å². The van der Waals surface area contributed by atoms with Crippen molar-refractivity contribution in [2.75, 3.05) is 6.54 Å². The Morgan fingerprint density at radius 3 is 2.29 bits per heavy atom. The Labute approximate surface area is 141 Å². The normalized spacial score (nSPS) is 14.1. The average molecular weight is 352 g/mol.